The van der Waals surface area contributed by atoms with Crippen LogP contribution in [0.5, 0.6) is 0 Å². The van der Waals surface area contributed by atoms with Gasteiger partial charge in [-0.1, -0.05) is 6.42 Å². The van der Waals surface area contributed by atoms with Crippen LogP contribution in [-0.4, -0.2) is 83.9 Å². The summed E-state index contributed by atoms with van der Waals surface area (Å²) in [7, 11) is -4.33. The van der Waals surface area contributed by atoms with Crippen molar-refractivity contribution in [2.75, 3.05) is 30.9 Å². The number of hydrogen-bond donors (Lipinski definition) is 4. The third kappa shape index (κ3) is 3.97. The molecule has 31 heavy (non-hydrogen) atoms. The molecule has 2 aliphatic heterocycles. The van der Waals surface area contributed by atoms with Crippen LogP contribution >= 0.6 is 7.60 Å². The standard InChI is InChI=1S/C18H26N5O7P/c24-14-13(7-29-9-31(26,27)28)30-16(15(14)25)12-4-19-18-17(20-8-21-23(12)18)22-5-10-2-1-3-11(10)6-22/h4,8,10-11,13-16,24-25H,1-3,5-7,9H2,(H2,26,27,28)/t10?,11?,13-,14-,15-,16+/m1/s1. The second-order valence-electron chi connectivity index (χ2n) is 8.60. The van der Waals surface area contributed by atoms with Gasteiger partial charge in [-0.05, 0) is 24.7 Å². The molecule has 1 saturated carbocycles. The molecule has 3 aliphatic rings. The van der Waals surface area contributed by atoms with Crippen LogP contribution in [-0.2, 0) is 14.0 Å². The Hall–Kier alpha value is -1.66. The molecule has 0 spiro atoms. The summed E-state index contributed by atoms with van der Waals surface area (Å²) in [6.07, 6.45) is 1.55. The first-order valence-corrected chi connectivity index (χ1v) is 12.2. The van der Waals surface area contributed by atoms with Gasteiger partial charge in [0.15, 0.2) is 11.5 Å². The largest absolute Gasteiger partial charge is 0.387 e. The summed E-state index contributed by atoms with van der Waals surface area (Å²) in [6.45, 7) is 1.62. The number of anilines is 1. The van der Waals surface area contributed by atoms with Crippen LogP contribution in [0.4, 0.5) is 5.82 Å². The molecule has 13 heteroatoms. The minimum absolute atomic E-state index is 0.270. The lowest BCUT2D eigenvalue weighted by atomic mass is 10.0. The summed E-state index contributed by atoms with van der Waals surface area (Å²) in [6, 6.07) is 0. The highest BCUT2D eigenvalue weighted by Gasteiger charge is 2.45. The third-order valence-corrected chi connectivity index (χ3v) is 7.05. The molecular weight excluding hydrogens is 429 g/mol. The summed E-state index contributed by atoms with van der Waals surface area (Å²) >= 11 is 0. The molecule has 1 aliphatic carbocycles. The Morgan fingerprint density at radius 3 is 2.61 bits per heavy atom. The monoisotopic (exact) mass is 455 g/mol. The molecule has 0 aromatic carbocycles. The molecule has 2 aromatic heterocycles. The maximum Gasteiger partial charge on any atom is 0.350 e. The minimum atomic E-state index is -4.33. The smallest absolute Gasteiger partial charge is 0.350 e. The van der Waals surface area contributed by atoms with E-state index in [1.165, 1.54) is 25.6 Å². The number of aliphatic hydroxyl groups is 2. The summed E-state index contributed by atoms with van der Waals surface area (Å²) < 4.78 is 23.2. The first kappa shape index (κ1) is 21.2. The number of aromatic nitrogens is 4. The quantitative estimate of drug-likeness (QED) is 0.422. The fourth-order valence-corrected chi connectivity index (χ4v) is 5.41. The average Bonchev–Trinajstić information content (AvgIpc) is 3.46. The molecule has 2 aromatic rings. The first-order chi connectivity index (χ1) is 14.8. The van der Waals surface area contributed by atoms with Crippen molar-refractivity contribution in [2.24, 2.45) is 11.8 Å². The van der Waals surface area contributed by atoms with Crippen molar-refractivity contribution in [1.29, 1.82) is 0 Å². The number of aliphatic hydroxyl groups excluding tert-OH is 2. The number of ether oxygens (including phenoxy) is 2. The average molecular weight is 455 g/mol. The van der Waals surface area contributed by atoms with E-state index in [-0.39, 0.29) is 6.61 Å². The fourth-order valence-electron chi connectivity index (χ4n) is 5.07. The van der Waals surface area contributed by atoms with Crippen LogP contribution in [0.15, 0.2) is 12.5 Å². The van der Waals surface area contributed by atoms with E-state index in [2.05, 4.69) is 20.0 Å². The molecule has 6 atom stereocenters. The molecule has 0 amide bonds. The highest BCUT2D eigenvalue weighted by Crippen LogP contribution is 2.40. The maximum atomic E-state index is 10.9. The van der Waals surface area contributed by atoms with E-state index in [0.717, 1.165) is 18.9 Å². The lowest BCUT2D eigenvalue weighted by Crippen LogP contribution is -2.33. The molecule has 4 heterocycles. The van der Waals surface area contributed by atoms with E-state index in [1.807, 2.05) is 0 Å². The van der Waals surface area contributed by atoms with Crippen LogP contribution in [0.25, 0.3) is 5.65 Å². The number of imidazole rings is 1. The zero-order valence-electron chi connectivity index (χ0n) is 16.8. The Morgan fingerprint density at radius 2 is 1.90 bits per heavy atom. The van der Waals surface area contributed by atoms with Crippen LogP contribution in [0.1, 0.15) is 31.1 Å². The number of hydrogen-bond acceptors (Lipinski definition) is 9. The molecular formula is C18H26N5O7P. The highest BCUT2D eigenvalue weighted by atomic mass is 31.2. The first-order valence-electron chi connectivity index (χ1n) is 10.4. The maximum absolute atomic E-state index is 10.9. The molecule has 4 N–H and O–H groups in total. The lowest BCUT2D eigenvalue weighted by Gasteiger charge is -2.19. The van der Waals surface area contributed by atoms with Crippen LogP contribution < -0.4 is 4.90 Å². The molecule has 0 radical (unpaired) electrons. The van der Waals surface area contributed by atoms with Gasteiger partial charge >= 0.3 is 7.60 Å². The van der Waals surface area contributed by atoms with E-state index in [0.29, 0.717) is 23.2 Å². The SMILES string of the molecule is O=P(O)(O)COC[C@H]1O[C@@H](c2cnc3c(N4CC5CCCC5C4)ncnn23)[C@H](O)[C@@H]1O. The predicted octanol–water partition coefficient (Wildman–Crippen LogP) is -0.326. The molecule has 170 valence electrons. The topological polar surface area (TPSA) is 163 Å². The van der Waals surface area contributed by atoms with E-state index in [9.17, 15) is 14.8 Å². The van der Waals surface area contributed by atoms with Gasteiger partial charge in [0.05, 0.1) is 18.5 Å². The Bertz CT molecular complexity index is 987. The van der Waals surface area contributed by atoms with Crippen LogP contribution in [0, 0.1) is 11.8 Å². The van der Waals surface area contributed by atoms with Gasteiger partial charge in [0, 0.05) is 13.1 Å². The van der Waals surface area contributed by atoms with Gasteiger partial charge in [-0.25, -0.2) is 14.5 Å². The van der Waals surface area contributed by atoms with E-state index < -0.39 is 38.4 Å². The van der Waals surface area contributed by atoms with Crippen molar-refractivity contribution in [2.45, 2.75) is 43.7 Å². The number of nitrogens with zero attached hydrogens (tertiary/aromatic N) is 5. The van der Waals surface area contributed by atoms with Crippen molar-refractivity contribution in [3.05, 3.63) is 18.2 Å². The van der Waals surface area contributed by atoms with Gasteiger partial charge in [0.1, 0.15) is 37.1 Å². The summed E-state index contributed by atoms with van der Waals surface area (Å²) in [4.78, 5) is 29.0. The number of rotatable bonds is 6. The van der Waals surface area contributed by atoms with Gasteiger partial charge in [-0.3, -0.25) is 4.57 Å². The molecule has 3 fully saturated rings. The second-order valence-corrected chi connectivity index (χ2v) is 10.2. The third-order valence-electron chi connectivity index (χ3n) is 6.53. The Morgan fingerprint density at radius 1 is 1.16 bits per heavy atom. The Kier molecular flexibility index (Phi) is 5.50. The summed E-state index contributed by atoms with van der Waals surface area (Å²) in [5, 5.41) is 25.1. The Balaban J connectivity index is 1.35. The zero-order chi connectivity index (χ0) is 21.8. The van der Waals surface area contributed by atoms with Crippen molar-refractivity contribution in [1.82, 2.24) is 19.6 Å². The van der Waals surface area contributed by atoms with Gasteiger partial charge in [0.2, 0.25) is 0 Å². The molecule has 2 saturated heterocycles. The van der Waals surface area contributed by atoms with Gasteiger partial charge < -0.3 is 34.4 Å². The summed E-state index contributed by atoms with van der Waals surface area (Å²) in [5.74, 6) is 2.12. The molecule has 12 nitrogen and oxygen atoms in total. The van der Waals surface area contributed by atoms with Gasteiger partial charge in [-0.15, -0.1) is 0 Å². The van der Waals surface area contributed by atoms with Crippen molar-refractivity contribution < 1.29 is 34.0 Å². The van der Waals surface area contributed by atoms with Crippen LogP contribution in [0.2, 0.25) is 0 Å². The second kappa shape index (κ2) is 8.04. The Labute approximate surface area is 178 Å². The van der Waals surface area contributed by atoms with E-state index in [1.54, 1.807) is 10.7 Å². The van der Waals surface area contributed by atoms with E-state index >= 15 is 0 Å². The lowest BCUT2D eigenvalue weighted by molar-refractivity contribution is -0.0402. The van der Waals surface area contributed by atoms with Crippen LogP contribution in [0.3, 0.4) is 0 Å². The molecule has 2 unspecified atom stereocenters. The molecule has 0 bridgehead atoms. The van der Waals surface area contributed by atoms with Crippen molar-refractivity contribution in [3.8, 4) is 0 Å². The highest BCUT2D eigenvalue weighted by molar-refractivity contribution is 7.51. The minimum Gasteiger partial charge on any atom is -0.387 e. The van der Waals surface area contributed by atoms with Crippen molar-refractivity contribution in [3.63, 3.8) is 0 Å². The van der Waals surface area contributed by atoms with Gasteiger partial charge in [-0.2, -0.15) is 5.10 Å². The predicted molar refractivity (Wildman–Crippen MR) is 106 cm³/mol. The van der Waals surface area contributed by atoms with Crippen molar-refractivity contribution >= 4 is 19.1 Å². The fraction of sp³-hybridized carbons (Fsp3) is 0.722. The van der Waals surface area contributed by atoms with Gasteiger partial charge in [0.25, 0.3) is 0 Å². The molecule has 5 rings (SSSR count). The van der Waals surface area contributed by atoms with E-state index in [4.69, 9.17) is 19.3 Å². The zero-order valence-corrected chi connectivity index (χ0v) is 17.7. The number of fused-ring (bicyclic) bond motifs is 2. The normalized spacial score (nSPS) is 33.5. The summed E-state index contributed by atoms with van der Waals surface area (Å²) in [5.41, 5.74) is 1.02.